The van der Waals surface area contributed by atoms with Crippen LogP contribution in [0.3, 0.4) is 0 Å². The Hall–Kier alpha value is -1.97. The van der Waals surface area contributed by atoms with Crippen LogP contribution < -0.4 is 4.74 Å². The number of carbonyl (C=O) groups is 1. The fourth-order valence-electron chi connectivity index (χ4n) is 1.26. The van der Waals surface area contributed by atoms with Crippen molar-refractivity contribution in [1.29, 1.82) is 0 Å². The number of allylic oxidation sites excluding steroid dienone is 1. The van der Waals surface area contributed by atoms with Crippen molar-refractivity contribution in [2.24, 2.45) is 0 Å². The molecule has 0 saturated carbocycles. The minimum Gasteiger partial charge on any atom is -0.507 e. The van der Waals surface area contributed by atoms with Gasteiger partial charge in [0, 0.05) is 5.56 Å². The number of hydrogen-bond acceptors (Lipinski definition) is 3. The molecule has 0 atom stereocenters. The van der Waals surface area contributed by atoms with Gasteiger partial charge in [-0.3, -0.25) is 0 Å². The number of carboxylic acid groups (broad SMARTS) is 1. The third-order valence-electron chi connectivity index (χ3n) is 1.99. The summed E-state index contributed by atoms with van der Waals surface area (Å²) in [5, 5.41) is 18.5. The Labute approximate surface area is 87.4 Å². The Balaban J connectivity index is 3.32. The zero-order chi connectivity index (χ0) is 11.4. The lowest BCUT2D eigenvalue weighted by Crippen LogP contribution is -2.00. The largest absolute Gasteiger partial charge is 0.507 e. The van der Waals surface area contributed by atoms with Crippen LogP contribution in [0.1, 0.15) is 15.9 Å². The van der Waals surface area contributed by atoms with Gasteiger partial charge in [-0.05, 0) is 18.6 Å². The molecule has 0 bridgehead atoms. The molecule has 0 fully saturated rings. The van der Waals surface area contributed by atoms with Gasteiger partial charge in [-0.15, -0.1) is 6.58 Å². The van der Waals surface area contributed by atoms with Crippen molar-refractivity contribution in [1.82, 2.24) is 0 Å². The predicted molar refractivity (Wildman–Crippen MR) is 55.5 cm³/mol. The van der Waals surface area contributed by atoms with E-state index in [0.29, 0.717) is 17.7 Å². The second kappa shape index (κ2) is 4.50. The summed E-state index contributed by atoms with van der Waals surface area (Å²) < 4.78 is 4.94. The molecule has 4 nitrogen and oxygen atoms in total. The van der Waals surface area contributed by atoms with E-state index in [2.05, 4.69) is 6.58 Å². The van der Waals surface area contributed by atoms with Gasteiger partial charge in [0.25, 0.3) is 0 Å². The second-order valence-corrected chi connectivity index (χ2v) is 2.98. The van der Waals surface area contributed by atoms with E-state index >= 15 is 0 Å². The average Bonchev–Trinajstić information content (AvgIpc) is 2.21. The Bertz CT molecular complexity index is 396. The maximum Gasteiger partial charge on any atom is 0.339 e. The van der Waals surface area contributed by atoms with E-state index in [4.69, 9.17) is 9.84 Å². The van der Waals surface area contributed by atoms with Crippen LogP contribution in [0.2, 0.25) is 0 Å². The maximum absolute atomic E-state index is 10.8. The number of rotatable bonds is 4. The molecule has 1 rings (SSSR count). The number of aromatic carboxylic acids is 1. The second-order valence-electron chi connectivity index (χ2n) is 2.98. The summed E-state index contributed by atoms with van der Waals surface area (Å²) in [6, 6.07) is 2.87. The first-order chi connectivity index (χ1) is 7.10. The van der Waals surface area contributed by atoms with E-state index in [1.165, 1.54) is 13.2 Å². The summed E-state index contributed by atoms with van der Waals surface area (Å²) in [5.41, 5.74) is 0.327. The maximum atomic E-state index is 10.8. The van der Waals surface area contributed by atoms with Gasteiger partial charge in [-0.1, -0.05) is 6.08 Å². The summed E-state index contributed by atoms with van der Waals surface area (Å²) in [7, 11) is 1.44. The van der Waals surface area contributed by atoms with Crippen LogP contribution in [0, 0.1) is 0 Å². The molecule has 0 radical (unpaired) electrons. The first-order valence-electron chi connectivity index (χ1n) is 4.34. The molecule has 0 amide bonds. The summed E-state index contributed by atoms with van der Waals surface area (Å²) in [6.45, 7) is 3.53. The lowest BCUT2D eigenvalue weighted by Gasteiger charge is -2.08. The lowest BCUT2D eigenvalue weighted by molar-refractivity contribution is 0.0693. The molecule has 1 aromatic rings. The fraction of sp³-hybridized carbons (Fsp3) is 0.182. The van der Waals surface area contributed by atoms with E-state index in [0.717, 1.165) is 0 Å². The van der Waals surface area contributed by atoms with Crippen molar-refractivity contribution in [3.63, 3.8) is 0 Å². The van der Waals surface area contributed by atoms with E-state index in [1.54, 1.807) is 12.1 Å². The number of hydrogen-bond donors (Lipinski definition) is 2. The summed E-state index contributed by atoms with van der Waals surface area (Å²) in [6.07, 6.45) is 1.98. The topological polar surface area (TPSA) is 66.8 Å². The lowest BCUT2D eigenvalue weighted by atomic mass is 10.1. The third kappa shape index (κ3) is 2.28. The van der Waals surface area contributed by atoms with Crippen LogP contribution in [-0.2, 0) is 6.42 Å². The van der Waals surface area contributed by atoms with Crippen LogP contribution in [0.15, 0.2) is 24.8 Å². The van der Waals surface area contributed by atoms with Crippen molar-refractivity contribution in [3.05, 3.63) is 35.9 Å². The number of aromatic hydroxyl groups is 1. The molecule has 0 unspecified atom stereocenters. The summed E-state index contributed by atoms with van der Waals surface area (Å²) in [5.74, 6) is -1.01. The molecule has 0 aliphatic rings. The smallest absolute Gasteiger partial charge is 0.339 e. The molecular weight excluding hydrogens is 196 g/mol. The van der Waals surface area contributed by atoms with Gasteiger partial charge in [-0.2, -0.15) is 0 Å². The average molecular weight is 208 g/mol. The molecule has 15 heavy (non-hydrogen) atoms. The fourth-order valence-corrected chi connectivity index (χ4v) is 1.26. The Morgan fingerprint density at radius 2 is 2.27 bits per heavy atom. The zero-order valence-corrected chi connectivity index (χ0v) is 8.36. The van der Waals surface area contributed by atoms with Gasteiger partial charge in [0.15, 0.2) is 0 Å². The van der Waals surface area contributed by atoms with E-state index in [1.807, 2.05) is 0 Å². The Kier molecular flexibility index (Phi) is 3.33. The van der Waals surface area contributed by atoms with E-state index in [9.17, 15) is 9.90 Å². The van der Waals surface area contributed by atoms with E-state index < -0.39 is 5.97 Å². The van der Waals surface area contributed by atoms with Crippen molar-refractivity contribution in [2.45, 2.75) is 6.42 Å². The highest BCUT2D eigenvalue weighted by Crippen LogP contribution is 2.28. The molecule has 0 aliphatic carbocycles. The summed E-state index contributed by atoms with van der Waals surface area (Å²) in [4.78, 5) is 10.8. The van der Waals surface area contributed by atoms with Crippen LogP contribution in [0.5, 0.6) is 11.5 Å². The molecule has 1 aromatic carbocycles. The van der Waals surface area contributed by atoms with Gasteiger partial charge in [0.2, 0.25) is 0 Å². The van der Waals surface area contributed by atoms with Gasteiger partial charge in [-0.25, -0.2) is 4.79 Å². The number of methoxy groups -OCH3 is 1. The highest BCUT2D eigenvalue weighted by Gasteiger charge is 2.14. The number of benzene rings is 1. The molecule has 0 spiro atoms. The van der Waals surface area contributed by atoms with Crippen molar-refractivity contribution in [2.75, 3.05) is 7.11 Å². The Morgan fingerprint density at radius 1 is 1.60 bits per heavy atom. The van der Waals surface area contributed by atoms with Gasteiger partial charge in [0.05, 0.1) is 7.11 Å². The molecule has 0 aromatic heterocycles. The van der Waals surface area contributed by atoms with Crippen LogP contribution in [0.25, 0.3) is 0 Å². The molecular formula is C11H12O4. The quantitative estimate of drug-likeness (QED) is 0.741. The molecule has 0 aliphatic heterocycles. The monoisotopic (exact) mass is 208 g/mol. The van der Waals surface area contributed by atoms with Crippen molar-refractivity contribution >= 4 is 5.97 Å². The zero-order valence-electron chi connectivity index (χ0n) is 8.36. The first kappa shape index (κ1) is 11.1. The van der Waals surface area contributed by atoms with Crippen LogP contribution in [0.4, 0.5) is 0 Å². The van der Waals surface area contributed by atoms with Crippen LogP contribution >= 0.6 is 0 Å². The first-order valence-corrected chi connectivity index (χ1v) is 4.34. The molecule has 0 saturated heterocycles. The Morgan fingerprint density at radius 3 is 2.73 bits per heavy atom. The van der Waals surface area contributed by atoms with E-state index in [-0.39, 0.29) is 11.3 Å². The van der Waals surface area contributed by atoms with Crippen molar-refractivity contribution in [3.8, 4) is 11.5 Å². The number of phenols is 1. The van der Waals surface area contributed by atoms with Gasteiger partial charge >= 0.3 is 5.97 Å². The molecule has 80 valence electrons. The highest BCUT2D eigenvalue weighted by atomic mass is 16.5. The standard InChI is InChI=1S/C11H12O4/c1-3-4-7-5-8(15-2)6-9(10(7)12)11(13)14/h3,5-6,12H,1,4H2,2H3,(H,13,14). The third-order valence-corrected chi connectivity index (χ3v) is 1.99. The van der Waals surface area contributed by atoms with Gasteiger partial charge < -0.3 is 14.9 Å². The number of ether oxygens (including phenoxy) is 1. The minimum atomic E-state index is -1.18. The minimum absolute atomic E-state index is 0.161. The highest BCUT2D eigenvalue weighted by molar-refractivity contribution is 5.91. The van der Waals surface area contributed by atoms with Crippen molar-refractivity contribution < 1.29 is 19.7 Å². The summed E-state index contributed by atoms with van der Waals surface area (Å²) >= 11 is 0. The normalized spacial score (nSPS) is 9.67. The molecule has 2 N–H and O–H groups in total. The molecule has 0 heterocycles. The SMILES string of the molecule is C=CCc1cc(OC)cc(C(=O)O)c1O. The predicted octanol–water partition coefficient (Wildman–Crippen LogP) is 1.83. The van der Waals surface area contributed by atoms with Crippen LogP contribution in [-0.4, -0.2) is 23.3 Å². The molecule has 4 heteroatoms. The number of carboxylic acids is 1. The van der Waals surface area contributed by atoms with Gasteiger partial charge in [0.1, 0.15) is 17.1 Å².